The van der Waals surface area contributed by atoms with Gasteiger partial charge in [-0.1, -0.05) is 13.8 Å². The summed E-state index contributed by atoms with van der Waals surface area (Å²) in [6.45, 7) is -0.0804. The lowest BCUT2D eigenvalue weighted by molar-refractivity contribution is 0.0772. The van der Waals surface area contributed by atoms with Crippen molar-refractivity contribution in [2.75, 3.05) is 14.1 Å². The lowest BCUT2D eigenvalue weighted by Gasteiger charge is -2.19. The van der Waals surface area contributed by atoms with Gasteiger partial charge >= 0.3 is 0 Å². The summed E-state index contributed by atoms with van der Waals surface area (Å²) >= 11 is 0. The second kappa shape index (κ2) is 16.2. The molecule has 0 unspecified atom stereocenters. The maximum atomic E-state index is 13.5. The Kier molecular flexibility index (Phi) is 9.98. The van der Waals surface area contributed by atoms with Gasteiger partial charge < -0.3 is 14.9 Å². The van der Waals surface area contributed by atoms with Gasteiger partial charge in [-0.15, -0.1) is 0 Å². The van der Waals surface area contributed by atoms with Crippen molar-refractivity contribution in [3.05, 3.63) is 105 Å². The Hall–Kier alpha value is -5.47. The van der Waals surface area contributed by atoms with E-state index in [1.165, 1.54) is 67.2 Å². The lowest BCUT2D eigenvalue weighted by Crippen LogP contribution is -2.27. The van der Waals surface area contributed by atoms with E-state index in [2.05, 4.69) is 10.2 Å². The second-order valence-corrected chi connectivity index (χ2v) is 10.7. The highest BCUT2D eigenvalue weighted by Crippen LogP contribution is 2.23. The number of aromatic nitrogens is 4. The molecule has 248 valence electrons. The van der Waals surface area contributed by atoms with E-state index in [1.807, 2.05) is 13.8 Å². The summed E-state index contributed by atoms with van der Waals surface area (Å²) < 4.78 is 72.4. The molecular weight excluding hydrogens is 613 g/mol. The van der Waals surface area contributed by atoms with Crippen LogP contribution in [0.4, 0.5) is 13.5 Å². The SMILES string of the molecule is F.[2H]C([2H])([2H])n1nc(CN(C)C(=O)c2ccc(F)cc2C(C)C)cc1C#N.[2H]C([2H])([2H])n1nc(CN(C)C(=O)c2ccc(F)cc2[C@H](C)O)cc1C#N. The molecule has 47 heavy (non-hydrogen) atoms. The van der Waals surface area contributed by atoms with Crippen molar-refractivity contribution in [3.8, 4) is 12.1 Å². The fraction of sp³-hybridized carbons (Fsp3) is 0.333. The number of nitrogens with zero attached hydrogens (tertiary/aromatic N) is 8. The Morgan fingerprint density at radius 3 is 1.57 bits per heavy atom. The predicted octanol–water partition coefficient (Wildman–Crippen LogP) is 4.74. The van der Waals surface area contributed by atoms with Crippen LogP contribution < -0.4 is 0 Å². The van der Waals surface area contributed by atoms with E-state index >= 15 is 0 Å². The molecule has 4 aromatic rings. The monoisotopic (exact) mass is 656 g/mol. The average Bonchev–Trinajstić information content (AvgIpc) is 3.68. The summed E-state index contributed by atoms with van der Waals surface area (Å²) in [5, 5.41) is 35.6. The molecule has 1 atom stereocenters. The molecule has 0 saturated heterocycles. The number of carbonyl (C=O) groups is 2. The third kappa shape index (κ3) is 9.28. The summed E-state index contributed by atoms with van der Waals surface area (Å²) in [6, 6.07) is 13.6. The second-order valence-electron chi connectivity index (χ2n) is 10.7. The molecule has 14 heteroatoms. The number of aliphatic hydroxyl groups is 1. The molecule has 0 aliphatic rings. The van der Waals surface area contributed by atoms with Crippen molar-refractivity contribution in [1.82, 2.24) is 29.4 Å². The van der Waals surface area contributed by atoms with Crippen LogP contribution in [0.1, 0.15) is 95.6 Å². The summed E-state index contributed by atoms with van der Waals surface area (Å²) in [5.41, 5.74) is 1.48. The first-order valence-electron chi connectivity index (χ1n) is 16.9. The lowest BCUT2D eigenvalue weighted by atomic mass is 9.96. The van der Waals surface area contributed by atoms with Gasteiger partial charge in [0, 0.05) is 47.4 Å². The van der Waals surface area contributed by atoms with Gasteiger partial charge in [-0.25, -0.2) is 8.78 Å². The fourth-order valence-electron chi connectivity index (χ4n) is 4.49. The number of nitriles is 2. The minimum absolute atomic E-state index is 0. The highest BCUT2D eigenvalue weighted by Gasteiger charge is 2.21. The maximum Gasteiger partial charge on any atom is 0.254 e. The van der Waals surface area contributed by atoms with Gasteiger partial charge in [0.1, 0.15) is 35.2 Å². The number of hydrogen-bond donors (Lipinski definition) is 1. The van der Waals surface area contributed by atoms with Crippen LogP contribution in [0, 0.1) is 34.3 Å². The number of benzene rings is 2. The molecule has 4 rings (SSSR count). The first kappa shape index (κ1) is 29.0. The minimum Gasteiger partial charge on any atom is -0.389 e. The quantitative estimate of drug-likeness (QED) is 0.289. The number of hydrogen-bond acceptors (Lipinski definition) is 7. The first-order valence-corrected chi connectivity index (χ1v) is 13.9. The molecule has 1 N–H and O–H groups in total. The summed E-state index contributed by atoms with van der Waals surface area (Å²) in [6.07, 6.45) is -1.04. The van der Waals surface area contributed by atoms with Crippen molar-refractivity contribution in [3.63, 3.8) is 0 Å². The topological polar surface area (TPSA) is 144 Å². The molecule has 0 saturated carbocycles. The van der Waals surface area contributed by atoms with E-state index in [-0.39, 0.29) is 63.5 Å². The normalized spacial score (nSPS) is 13.4. The van der Waals surface area contributed by atoms with Crippen LogP contribution in [-0.4, -0.2) is 60.4 Å². The minimum atomic E-state index is -2.61. The molecule has 0 fully saturated rings. The van der Waals surface area contributed by atoms with Crippen LogP contribution in [0.2, 0.25) is 0 Å². The molecule has 0 aliphatic carbocycles. The first-order chi connectivity index (χ1) is 24.1. The van der Waals surface area contributed by atoms with Gasteiger partial charge in [-0.2, -0.15) is 20.7 Å². The van der Waals surface area contributed by atoms with Gasteiger partial charge in [0.15, 0.2) is 0 Å². The molecular formula is C33H37F3N8O3. The molecule has 0 bridgehead atoms. The van der Waals surface area contributed by atoms with Crippen LogP contribution in [0.5, 0.6) is 0 Å². The Labute approximate surface area is 279 Å². The predicted molar refractivity (Wildman–Crippen MR) is 167 cm³/mol. The molecule has 0 aliphatic heterocycles. The Bertz CT molecular complexity index is 1890. The van der Waals surface area contributed by atoms with Crippen LogP contribution in [0.25, 0.3) is 0 Å². The third-order valence-electron chi connectivity index (χ3n) is 6.80. The van der Waals surface area contributed by atoms with Crippen molar-refractivity contribution in [1.29, 1.82) is 10.5 Å². The summed E-state index contributed by atoms with van der Waals surface area (Å²) in [4.78, 5) is 28.0. The number of rotatable bonds is 8. The number of aryl methyl sites for hydroxylation is 2. The Balaban J connectivity index is 0.000000360. The van der Waals surface area contributed by atoms with E-state index in [1.54, 1.807) is 12.1 Å². The molecule has 2 amide bonds. The van der Waals surface area contributed by atoms with Crippen LogP contribution in [-0.2, 0) is 27.0 Å². The van der Waals surface area contributed by atoms with E-state index < -0.39 is 37.6 Å². The molecule has 11 nitrogen and oxygen atoms in total. The maximum absolute atomic E-state index is 13.5. The summed E-state index contributed by atoms with van der Waals surface area (Å²) in [5.74, 6) is -1.87. The fourth-order valence-corrected chi connectivity index (χ4v) is 4.49. The zero-order valence-corrected chi connectivity index (χ0v) is 26.2. The van der Waals surface area contributed by atoms with Gasteiger partial charge in [-0.3, -0.25) is 23.7 Å². The van der Waals surface area contributed by atoms with Gasteiger partial charge in [0.2, 0.25) is 0 Å². The number of aliphatic hydroxyl groups excluding tert-OH is 1. The average molecular weight is 657 g/mol. The zero-order valence-electron chi connectivity index (χ0n) is 32.2. The third-order valence-corrected chi connectivity index (χ3v) is 6.80. The van der Waals surface area contributed by atoms with Crippen molar-refractivity contribution >= 4 is 11.8 Å². The van der Waals surface area contributed by atoms with E-state index in [9.17, 15) is 23.5 Å². The number of halogens is 3. The molecule has 2 heterocycles. The highest BCUT2D eigenvalue weighted by atomic mass is 19.1. The summed E-state index contributed by atoms with van der Waals surface area (Å²) in [7, 11) is 2.99. The van der Waals surface area contributed by atoms with Crippen LogP contribution in [0.15, 0.2) is 48.5 Å². The number of amides is 2. The standard InChI is InChI=1S/C17H19FN4O.C16H17FN4O2.FH/c1-11(2)16-7-12(18)5-6-15(16)17(23)21(3)10-13-8-14(9-19)22(4)20-13;1-10(22)15-6-11(17)4-5-14(15)16(23)20(2)9-12-7-13(8-18)21(3)19-12;/h5-8,11H,10H2,1-4H3;4-7,10,22H,9H2,1-3H3;1H/t;10-;/m.0./s1/i4D3;3D3;. The number of carbonyl (C=O) groups excluding carboxylic acids is 2. The largest absolute Gasteiger partial charge is 0.389 e. The van der Waals surface area contributed by atoms with Crippen molar-refractivity contribution in [2.24, 2.45) is 14.0 Å². The molecule has 2 aromatic carbocycles. The van der Waals surface area contributed by atoms with Crippen LogP contribution in [0.3, 0.4) is 0 Å². The van der Waals surface area contributed by atoms with Crippen LogP contribution >= 0.6 is 0 Å². The molecule has 0 radical (unpaired) electrons. The zero-order chi connectivity index (χ0) is 39.3. The van der Waals surface area contributed by atoms with Gasteiger partial charge in [-0.05, 0) is 72.5 Å². The van der Waals surface area contributed by atoms with Crippen molar-refractivity contribution < 1.29 is 36.4 Å². The van der Waals surface area contributed by atoms with E-state index in [0.717, 1.165) is 12.1 Å². The molecule has 2 aromatic heterocycles. The Morgan fingerprint density at radius 2 is 1.23 bits per heavy atom. The smallest absolute Gasteiger partial charge is 0.254 e. The molecule has 0 spiro atoms. The van der Waals surface area contributed by atoms with E-state index in [0.29, 0.717) is 20.5 Å². The van der Waals surface area contributed by atoms with E-state index in [4.69, 9.17) is 18.7 Å². The van der Waals surface area contributed by atoms with Gasteiger partial charge in [0.25, 0.3) is 11.8 Å². The highest BCUT2D eigenvalue weighted by molar-refractivity contribution is 5.96. The van der Waals surface area contributed by atoms with Crippen molar-refractivity contribution in [2.45, 2.75) is 45.9 Å². The Morgan fingerprint density at radius 1 is 0.830 bits per heavy atom. The van der Waals surface area contributed by atoms with Gasteiger partial charge in [0.05, 0.1) is 30.6 Å².